The van der Waals surface area contributed by atoms with Crippen LogP contribution in [0.25, 0.3) is 0 Å². The highest BCUT2D eigenvalue weighted by molar-refractivity contribution is 8.00. The second kappa shape index (κ2) is 3.53. The Bertz CT molecular complexity index is 346. The van der Waals surface area contributed by atoms with Crippen LogP contribution in [0.5, 0.6) is 0 Å². The summed E-state index contributed by atoms with van der Waals surface area (Å²) in [6.45, 7) is 0.389. The maximum Gasteiger partial charge on any atom is 0.0487 e. The van der Waals surface area contributed by atoms with E-state index in [1.54, 1.807) is 0 Å². The molecule has 1 fully saturated rings. The number of benzene rings is 1. The van der Waals surface area contributed by atoms with Gasteiger partial charge in [0.2, 0.25) is 0 Å². The molecule has 1 nitrogen and oxygen atoms in total. The van der Waals surface area contributed by atoms with Gasteiger partial charge in [0.15, 0.2) is 0 Å². The van der Waals surface area contributed by atoms with Crippen molar-refractivity contribution in [3.05, 3.63) is 29.8 Å². The van der Waals surface area contributed by atoms with Crippen LogP contribution in [0, 0.1) is 5.41 Å². The maximum atomic E-state index is 9.32. The molecule has 1 aliphatic carbocycles. The molecule has 15 heavy (non-hydrogen) atoms. The van der Waals surface area contributed by atoms with Crippen molar-refractivity contribution in [2.24, 2.45) is 5.41 Å². The molecule has 0 amide bonds. The van der Waals surface area contributed by atoms with Gasteiger partial charge in [0.05, 0.1) is 0 Å². The van der Waals surface area contributed by atoms with Gasteiger partial charge in [0.25, 0.3) is 0 Å². The number of fused-ring (bicyclic) bond motifs is 1. The Labute approximate surface area is 94.9 Å². The smallest absolute Gasteiger partial charge is 0.0487 e. The molecule has 1 aliphatic heterocycles. The zero-order chi connectivity index (χ0) is 10.3. The fourth-order valence-corrected chi connectivity index (χ4v) is 3.97. The molecule has 1 atom stereocenters. The number of aliphatic hydroxyl groups is 1. The SMILES string of the molecule is OCC1(CC2Cc3ccccc3S2)CC1. The molecular weight excluding hydrogens is 204 g/mol. The van der Waals surface area contributed by atoms with E-state index >= 15 is 0 Å². The summed E-state index contributed by atoms with van der Waals surface area (Å²) in [6.07, 6.45) is 4.86. The highest BCUT2D eigenvalue weighted by Crippen LogP contribution is 2.53. The van der Waals surface area contributed by atoms with Crippen LogP contribution in [-0.2, 0) is 6.42 Å². The first-order chi connectivity index (χ1) is 7.31. The number of aliphatic hydroxyl groups excluding tert-OH is 1. The van der Waals surface area contributed by atoms with E-state index < -0.39 is 0 Å². The van der Waals surface area contributed by atoms with Crippen LogP contribution in [-0.4, -0.2) is 17.0 Å². The molecule has 1 heterocycles. The number of rotatable bonds is 3. The molecule has 0 radical (unpaired) electrons. The Hall–Kier alpha value is -0.470. The third kappa shape index (κ3) is 1.81. The zero-order valence-electron chi connectivity index (χ0n) is 8.78. The van der Waals surface area contributed by atoms with Gasteiger partial charge in [-0.05, 0) is 42.7 Å². The molecular formula is C13H16OS. The molecule has 1 unspecified atom stereocenters. The first-order valence-electron chi connectivity index (χ1n) is 5.67. The van der Waals surface area contributed by atoms with Crippen LogP contribution in [0.2, 0.25) is 0 Å². The van der Waals surface area contributed by atoms with E-state index in [0.29, 0.717) is 17.3 Å². The average Bonchev–Trinajstić information content (AvgIpc) is 2.91. The summed E-state index contributed by atoms with van der Waals surface area (Å²) in [7, 11) is 0. The quantitative estimate of drug-likeness (QED) is 0.845. The molecule has 0 aromatic heterocycles. The van der Waals surface area contributed by atoms with Crippen LogP contribution < -0.4 is 0 Å². The summed E-state index contributed by atoms with van der Waals surface area (Å²) in [4.78, 5) is 1.45. The highest BCUT2D eigenvalue weighted by atomic mass is 32.2. The van der Waals surface area contributed by atoms with Crippen molar-refractivity contribution in [2.45, 2.75) is 35.8 Å². The molecule has 2 aliphatic rings. The van der Waals surface area contributed by atoms with Crippen LogP contribution in [0.4, 0.5) is 0 Å². The normalized spacial score (nSPS) is 26.3. The number of hydrogen-bond acceptors (Lipinski definition) is 2. The minimum absolute atomic E-state index is 0.305. The topological polar surface area (TPSA) is 20.2 Å². The van der Waals surface area contributed by atoms with Crippen LogP contribution in [0.3, 0.4) is 0 Å². The number of hydrogen-bond donors (Lipinski definition) is 1. The molecule has 2 heteroatoms. The minimum atomic E-state index is 0.305. The molecule has 1 N–H and O–H groups in total. The van der Waals surface area contributed by atoms with E-state index in [0.717, 1.165) is 0 Å². The van der Waals surface area contributed by atoms with Gasteiger partial charge in [-0.1, -0.05) is 18.2 Å². The van der Waals surface area contributed by atoms with Gasteiger partial charge in [-0.25, -0.2) is 0 Å². The summed E-state index contributed by atoms with van der Waals surface area (Å²) in [5.74, 6) is 0. The maximum absolute atomic E-state index is 9.32. The van der Waals surface area contributed by atoms with Gasteiger partial charge >= 0.3 is 0 Å². The lowest BCUT2D eigenvalue weighted by atomic mass is 9.98. The predicted molar refractivity (Wildman–Crippen MR) is 63.2 cm³/mol. The fourth-order valence-electron chi connectivity index (χ4n) is 2.45. The van der Waals surface area contributed by atoms with Crippen molar-refractivity contribution in [1.29, 1.82) is 0 Å². The van der Waals surface area contributed by atoms with E-state index in [1.165, 1.54) is 36.1 Å². The lowest BCUT2D eigenvalue weighted by Gasteiger charge is -2.15. The first kappa shape index (κ1) is 9.73. The molecule has 80 valence electrons. The highest BCUT2D eigenvalue weighted by Gasteiger charge is 2.44. The lowest BCUT2D eigenvalue weighted by molar-refractivity contribution is 0.202. The predicted octanol–water partition coefficient (Wildman–Crippen LogP) is 2.87. The van der Waals surface area contributed by atoms with Gasteiger partial charge in [0.1, 0.15) is 0 Å². The van der Waals surface area contributed by atoms with Crippen LogP contribution in [0.15, 0.2) is 29.2 Å². The largest absolute Gasteiger partial charge is 0.396 e. The van der Waals surface area contributed by atoms with Gasteiger partial charge in [-0.3, -0.25) is 0 Å². The van der Waals surface area contributed by atoms with Crippen molar-refractivity contribution < 1.29 is 5.11 Å². The van der Waals surface area contributed by atoms with Crippen molar-refractivity contribution in [3.8, 4) is 0 Å². The summed E-state index contributed by atoms with van der Waals surface area (Å²) < 4.78 is 0. The van der Waals surface area contributed by atoms with E-state index in [9.17, 15) is 5.11 Å². The third-order valence-electron chi connectivity index (χ3n) is 3.67. The summed E-state index contributed by atoms with van der Waals surface area (Å²) in [6, 6.07) is 8.70. The Morgan fingerprint density at radius 1 is 1.33 bits per heavy atom. The van der Waals surface area contributed by atoms with Crippen molar-refractivity contribution >= 4 is 11.8 Å². The van der Waals surface area contributed by atoms with Crippen molar-refractivity contribution in [3.63, 3.8) is 0 Å². The number of thioether (sulfide) groups is 1. The van der Waals surface area contributed by atoms with Crippen molar-refractivity contribution in [1.82, 2.24) is 0 Å². The van der Waals surface area contributed by atoms with E-state index in [1.807, 2.05) is 11.8 Å². The Balaban J connectivity index is 1.69. The van der Waals surface area contributed by atoms with E-state index in [4.69, 9.17) is 0 Å². The molecule has 0 spiro atoms. The second-order valence-corrected chi connectivity index (χ2v) is 6.26. The average molecular weight is 220 g/mol. The molecule has 3 rings (SSSR count). The molecule has 1 aromatic rings. The Morgan fingerprint density at radius 3 is 2.80 bits per heavy atom. The standard InChI is InChI=1S/C13H16OS/c14-9-13(5-6-13)8-11-7-10-3-1-2-4-12(10)15-11/h1-4,11,14H,5-9H2. The second-order valence-electron chi connectivity index (χ2n) is 4.91. The van der Waals surface area contributed by atoms with Crippen LogP contribution in [0.1, 0.15) is 24.8 Å². The monoisotopic (exact) mass is 220 g/mol. The van der Waals surface area contributed by atoms with Gasteiger partial charge in [0, 0.05) is 16.8 Å². The summed E-state index contributed by atoms with van der Waals surface area (Å²) >= 11 is 2.01. The van der Waals surface area contributed by atoms with Crippen molar-refractivity contribution in [2.75, 3.05) is 6.61 Å². The third-order valence-corrected chi connectivity index (χ3v) is 4.99. The van der Waals surface area contributed by atoms with Gasteiger partial charge < -0.3 is 5.11 Å². The summed E-state index contributed by atoms with van der Waals surface area (Å²) in [5.41, 5.74) is 1.81. The zero-order valence-corrected chi connectivity index (χ0v) is 9.59. The minimum Gasteiger partial charge on any atom is -0.396 e. The molecule has 0 bridgehead atoms. The lowest BCUT2D eigenvalue weighted by Crippen LogP contribution is -2.14. The first-order valence-corrected chi connectivity index (χ1v) is 6.55. The summed E-state index contributed by atoms with van der Waals surface area (Å²) in [5, 5.41) is 10.0. The fraction of sp³-hybridized carbons (Fsp3) is 0.538. The molecule has 1 aromatic carbocycles. The van der Waals surface area contributed by atoms with Gasteiger partial charge in [-0.2, -0.15) is 0 Å². The molecule has 0 saturated heterocycles. The Morgan fingerprint density at radius 2 is 2.13 bits per heavy atom. The molecule has 1 saturated carbocycles. The van der Waals surface area contributed by atoms with E-state index in [-0.39, 0.29) is 0 Å². The van der Waals surface area contributed by atoms with Gasteiger partial charge in [-0.15, -0.1) is 11.8 Å². The Kier molecular flexibility index (Phi) is 2.29. The van der Waals surface area contributed by atoms with E-state index in [2.05, 4.69) is 24.3 Å². The van der Waals surface area contributed by atoms with Crippen LogP contribution >= 0.6 is 11.8 Å².